The van der Waals surface area contributed by atoms with Gasteiger partial charge in [0.2, 0.25) is 11.9 Å². The van der Waals surface area contributed by atoms with E-state index in [0.717, 1.165) is 11.3 Å². The molecule has 0 bridgehead atoms. The Morgan fingerprint density at radius 1 is 1.03 bits per heavy atom. The molecule has 2 heterocycles. The average Bonchev–Trinajstić information content (AvgIpc) is 3.17. The molecule has 31 heavy (non-hydrogen) atoms. The number of hydrogen-bond acceptors (Lipinski definition) is 5. The fourth-order valence-corrected chi connectivity index (χ4v) is 3.30. The highest BCUT2D eigenvalue weighted by molar-refractivity contribution is 5.90. The molecule has 1 amide bonds. The van der Waals surface area contributed by atoms with Gasteiger partial charge in [0.25, 0.3) is 11.3 Å². The maximum absolute atomic E-state index is 12.9. The second-order valence-electron chi connectivity index (χ2n) is 7.44. The van der Waals surface area contributed by atoms with Gasteiger partial charge in [-0.25, -0.2) is 4.98 Å². The van der Waals surface area contributed by atoms with Gasteiger partial charge >= 0.3 is 0 Å². The Bertz CT molecular complexity index is 1260. The number of rotatable bonds is 7. The Kier molecular flexibility index (Phi) is 5.79. The van der Waals surface area contributed by atoms with Gasteiger partial charge < -0.3 is 10.6 Å². The lowest BCUT2D eigenvalue weighted by Gasteiger charge is -2.06. The molecule has 0 aliphatic heterocycles. The van der Waals surface area contributed by atoms with Crippen molar-refractivity contribution in [2.45, 2.75) is 33.2 Å². The number of aromatic nitrogens is 4. The van der Waals surface area contributed by atoms with E-state index < -0.39 is 0 Å². The molecule has 0 saturated carbocycles. The Hall–Kier alpha value is -3.94. The number of amides is 1. The second-order valence-corrected chi connectivity index (χ2v) is 7.44. The van der Waals surface area contributed by atoms with E-state index in [9.17, 15) is 9.59 Å². The van der Waals surface area contributed by atoms with Crippen LogP contribution in [0.2, 0.25) is 0 Å². The van der Waals surface area contributed by atoms with Crippen molar-refractivity contribution in [3.8, 4) is 0 Å². The zero-order valence-electron chi connectivity index (χ0n) is 17.5. The fourth-order valence-electron chi connectivity index (χ4n) is 3.30. The average molecular weight is 416 g/mol. The number of nitrogens with zero attached hydrogens (tertiary/aromatic N) is 3. The van der Waals surface area contributed by atoms with Gasteiger partial charge in [0.15, 0.2) is 0 Å². The van der Waals surface area contributed by atoms with Crippen molar-refractivity contribution in [2.24, 2.45) is 0 Å². The molecule has 0 spiro atoms. The van der Waals surface area contributed by atoms with Crippen LogP contribution in [0.25, 0.3) is 5.78 Å². The predicted molar refractivity (Wildman–Crippen MR) is 120 cm³/mol. The summed E-state index contributed by atoms with van der Waals surface area (Å²) in [6.07, 6.45) is 0.482. The SMILES string of the molecule is Cc1ccc(CNc2nc3nc(C)c(CCC(=O)Nc4ccccc4)c(=O)n3[nH]2)cc1. The van der Waals surface area contributed by atoms with Gasteiger partial charge in [-0.05, 0) is 38.0 Å². The van der Waals surface area contributed by atoms with Gasteiger partial charge in [0.05, 0.1) is 5.69 Å². The minimum atomic E-state index is -0.245. The molecule has 0 fully saturated rings. The van der Waals surface area contributed by atoms with Gasteiger partial charge in [-0.1, -0.05) is 48.0 Å². The van der Waals surface area contributed by atoms with Crippen molar-refractivity contribution in [3.05, 3.63) is 87.3 Å². The fraction of sp³-hybridized carbons (Fsp3) is 0.217. The first-order valence-corrected chi connectivity index (χ1v) is 10.1. The molecule has 8 nitrogen and oxygen atoms in total. The van der Waals surface area contributed by atoms with Crippen LogP contribution in [0.4, 0.5) is 11.6 Å². The Morgan fingerprint density at radius 3 is 2.52 bits per heavy atom. The van der Waals surface area contributed by atoms with Gasteiger partial charge in [-0.15, -0.1) is 0 Å². The molecule has 3 N–H and O–H groups in total. The first kappa shape index (κ1) is 20.3. The van der Waals surface area contributed by atoms with E-state index >= 15 is 0 Å². The molecule has 0 aliphatic rings. The summed E-state index contributed by atoms with van der Waals surface area (Å²) in [4.78, 5) is 34.0. The second kappa shape index (κ2) is 8.83. The summed E-state index contributed by atoms with van der Waals surface area (Å²) in [7, 11) is 0. The highest BCUT2D eigenvalue weighted by Gasteiger charge is 2.15. The predicted octanol–water partition coefficient (Wildman–Crippen LogP) is 3.22. The monoisotopic (exact) mass is 416 g/mol. The van der Waals surface area contributed by atoms with Crippen molar-refractivity contribution in [1.29, 1.82) is 0 Å². The maximum atomic E-state index is 12.9. The minimum Gasteiger partial charge on any atom is -0.351 e. The largest absolute Gasteiger partial charge is 0.351 e. The highest BCUT2D eigenvalue weighted by atomic mass is 16.1. The van der Waals surface area contributed by atoms with Gasteiger partial charge in [0.1, 0.15) is 0 Å². The number of hydrogen-bond donors (Lipinski definition) is 3. The summed E-state index contributed by atoms with van der Waals surface area (Å²) in [6, 6.07) is 17.4. The summed E-state index contributed by atoms with van der Waals surface area (Å²) in [5.74, 6) is 0.607. The van der Waals surface area contributed by atoms with Crippen molar-refractivity contribution >= 4 is 23.3 Å². The van der Waals surface area contributed by atoms with Crippen molar-refractivity contribution in [2.75, 3.05) is 10.6 Å². The van der Waals surface area contributed by atoms with Crippen LogP contribution >= 0.6 is 0 Å². The number of carbonyl (C=O) groups excluding carboxylic acids is 1. The van der Waals surface area contributed by atoms with E-state index in [0.29, 0.717) is 35.9 Å². The lowest BCUT2D eigenvalue weighted by Crippen LogP contribution is -2.23. The van der Waals surface area contributed by atoms with E-state index in [1.165, 1.54) is 10.1 Å². The maximum Gasteiger partial charge on any atom is 0.277 e. The Balaban J connectivity index is 1.46. The van der Waals surface area contributed by atoms with E-state index in [4.69, 9.17) is 0 Å². The number of anilines is 2. The van der Waals surface area contributed by atoms with E-state index in [2.05, 4.69) is 25.7 Å². The number of H-pyrrole nitrogens is 1. The molecular weight excluding hydrogens is 392 g/mol. The third kappa shape index (κ3) is 4.80. The molecular formula is C23H24N6O2. The number of aryl methyl sites for hydroxylation is 2. The quantitative estimate of drug-likeness (QED) is 0.429. The molecule has 4 aromatic rings. The minimum absolute atomic E-state index is 0.153. The van der Waals surface area contributed by atoms with Gasteiger partial charge in [-0.3, -0.25) is 14.7 Å². The van der Waals surface area contributed by atoms with Crippen LogP contribution in [0.15, 0.2) is 59.4 Å². The van der Waals surface area contributed by atoms with Crippen LogP contribution in [-0.2, 0) is 17.8 Å². The normalized spacial score (nSPS) is 10.9. The van der Waals surface area contributed by atoms with E-state index in [1.807, 2.05) is 61.5 Å². The molecule has 0 unspecified atom stereocenters. The number of aromatic amines is 1. The summed E-state index contributed by atoms with van der Waals surface area (Å²) in [6.45, 7) is 4.38. The number of para-hydroxylation sites is 1. The van der Waals surface area contributed by atoms with Gasteiger partial charge in [0, 0.05) is 24.2 Å². The van der Waals surface area contributed by atoms with Gasteiger partial charge in [-0.2, -0.15) is 9.50 Å². The molecule has 8 heteroatoms. The zero-order chi connectivity index (χ0) is 21.8. The molecule has 0 aliphatic carbocycles. The number of fused-ring (bicyclic) bond motifs is 1. The molecule has 2 aromatic heterocycles. The zero-order valence-corrected chi connectivity index (χ0v) is 17.5. The van der Waals surface area contributed by atoms with Crippen LogP contribution in [-0.4, -0.2) is 25.5 Å². The Morgan fingerprint density at radius 2 is 1.77 bits per heavy atom. The molecule has 0 atom stereocenters. The molecule has 158 valence electrons. The lowest BCUT2D eigenvalue weighted by molar-refractivity contribution is -0.116. The summed E-state index contributed by atoms with van der Waals surface area (Å²) in [5.41, 5.74) is 3.86. The van der Waals surface area contributed by atoms with Crippen molar-refractivity contribution < 1.29 is 4.79 Å². The van der Waals surface area contributed by atoms with Crippen molar-refractivity contribution in [3.63, 3.8) is 0 Å². The molecule has 0 radical (unpaired) electrons. The number of nitrogens with one attached hydrogen (secondary N) is 3. The standard InChI is InChI=1S/C23H24N6O2/c1-15-8-10-17(11-9-15)14-24-22-27-23-25-16(2)19(21(31)29(23)28-22)12-13-20(30)26-18-6-4-3-5-7-18/h3-11H,12-14H2,1-2H3,(H,26,30)(H2,24,25,27,28). The van der Waals surface area contributed by atoms with Crippen LogP contribution in [0.5, 0.6) is 0 Å². The molecule has 0 saturated heterocycles. The van der Waals surface area contributed by atoms with Crippen molar-refractivity contribution in [1.82, 2.24) is 19.6 Å². The summed E-state index contributed by atoms with van der Waals surface area (Å²) < 4.78 is 1.31. The summed E-state index contributed by atoms with van der Waals surface area (Å²) in [5, 5.41) is 8.97. The van der Waals surface area contributed by atoms with Crippen LogP contribution < -0.4 is 16.2 Å². The van der Waals surface area contributed by atoms with Crippen LogP contribution in [0.3, 0.4) is 0 Å². The third-order valence-electron chi connectivity index (χ3n) is 5.04. The highest BCUT2D eigenvalue weighted by Crippen LogP contribution is 2.11. The third-order valence-corrected chi connectivity index (χ3v) is 5.04. The molecule has 4 rings (SSSR count). The topological polar surface area (TPSA) is 104 Å². The number of carbonyl (C=O) groups is 1. The lowest BCUT2D eigenvalue weighted by atomic mass is 10.1. The summed E-state index contributed by atoms with van der Waals surface area (Å²) >= 11 is 0. The first-order valence-electron chi connectivity index (χ1n) is 10.1. The van der Waals surface area contributed by atoms with Crippen LogP contribution in [0, 0.1) is 13.8 Å². The van der Waals surface area contributed by atoms with E-state index in [-0.39, 0.29) is 17.9 Å². The van der Waals surface area contributed by atoms with Crippen LogP contribution in [0.1, 0.15) is 28.8 Å². The first-order chi connectivity index (χ1) is 15.0. The van der Waals surface area contributed by atoms with E-state index in [1.54, 1.807) is 6.92 Å². The smallest absolute Gasteiger partial charge is 0.277 e. The number of benzene rings is 2. The molecule has 2 aromatic carbocycles. The Labute approximate surface area is 179 Å².